The fraction of sp³-hybridized carbons (Fsp3) is 0.238. The molecule has 1 aliphatic rings. The lowest BCUT2D eigenvalue weighted by atomic mass is 10.1. The second-order valence-electron chi connectivity index (χ2n) is 7.14. The first-order chi connectivity index (χ1) is 14.4. The Morgan fingerprint density at radius 1 is 1.23 bits per heavy atom. The molecular formula is C21H24N4O3S2. The Morgan fingerprint density at radius 3 is 2.73 bits per heavy atom. The summed E-state index contributed by atoms with van der Waals surface area (Å²) in [6, 6.07) is 14.3. The minimum absolute atomic E-state index is 0. The molecule has 1 aliphatic heterocycles. The van der Waals surface area contributed by atoms with Crippen molar-refractivity contribution < 1.29 is 14.6 Å². The van der Waals surface area contributed by atoms with Gasteiger partial charge in [-0.3, -0.25) is 9.52 Å². The summed E-state index contributed by atoms with van der Waals surface area (Å²) in [6.45, 7) is 3.27. The summed E-state index contributed by atoms with van der Waals surface area (Å²) < 4.78 is 27.4. The number of aromatic nitrogens is 1. The summed E-state index contributed by atoms with van der Waals surface area (Å²) in [6.07, 6.45) is 2.24. The third-order valence-corrected chi connectivity index (χ3v) is 7.13. The Labute approximate surface area is 181 Å². The van der Waals surface area contributed by atoms with Gasteiger partial charge in [0.25, 0.3) is 10.0 Å². The van der Waals surface area contributed by atoms with Gasteiger partial charge in [0.1, 0.15) is 0 Å². The number of benzene rings is 2. The molecule has 0 spiro atoms. The lowest BCUT2D eigenvalue weighted by Gasteiger charge is -2.18. The van der Waals surface area contributed by atoms with Gasteiger partial charge in [0.05, 0.1) is 10.9 Å². The van der Waals surface area contributed by atoms with E-state index in [1.807, 2.05) is 25.1 Å². The molecule has 2 aromatic carbocycles. The Kier molecular flexibility index (Phi) is 5.85. The van der Waals surface area contributed by atoms with Gasteiger partial charge in [-0.15, -0.1) is 11.3 Å². The van der Waals surface area contributed by atoms with Gasteiger partial charge in [0.15, 0.2) is 5.13 Å². The number of hydrogen-bond acceptors (Lipinski definition) is 6. The molecule has 1 fully saturated rings. The highest BCUT2D eigenvalue weighted by Crippen LogP contribution is 2.25. The van der Waals surface area contributed by atoms with Crippen LogP contribution in [0.4, 0.5) is 10.8 Å². The molecule has 0 saturated carbocycles. The highest BCUT2D eigenvalue weighted by molar-refractivity contribution is 7.93. The average Bonchev–Trinajstić information content (AvgIpc) is 3.36. The molecule has 158 valence electrons. The molecule has 1 atom stereocenters. The van der Waals surface area contributed by atoms with Crippen molar-refractivity contribution in [3.05, 3.63) is 71.2 Å². The van der Waals surface area contributed by atoms with Crippen LogP contribution in [0, 0.1) is 6.92 Å². The SMILES string of the molecule is Cc1cccc(CN[C@H]2CCN(c3ccc(S(=O)(=O)Nc4nccs4)cc3)C2=O)c1.[HH]. The van der Waals surface area contributed by atoms with E-state index in [2.05, 4.69) is 21.1 Å². The number of thiazole rings is 1. The standard InChI is InChI=1S/C21H22N4O3S2.H2/c1-15-3-2-4-16(13-15)14-23-19-9-11-25(20(19)26)17-5-7-18(8-6-17)30(27,28)24-21-22-10-12-29-21;/h2-8,10,12-13,19,23H,9,11,14H2,1H3,(H,22,24);1H/t19-;/m0./s1. The molecule has 1 saturated heterocycles. The number of sulfonamides is 1. The van der Waals surface area contributed by atoms with Crippen LogP contribution in [0.25, 0.3) is 0 Å². The molecule has 2 N–H and O–H groups in total. The van der Waals surface area contributed by atoms with E-state index in [0.29, 0.717) is 30.3 Å². The topological polar surface area (TPSA) is 91.4 Å². The van der Waals surface area contributed by atoms with Gasteiger partial charge in [0, 0.05) is 31.8 Å². The van der Waals surface area contributed by atoms with E-state index < -0.39 is 10.0 Å². The second kappa shape index (κ2) is 8.55. The van der Waals surface area contributed by atoms with E-state index in [1.54, 1.807) is 22.4 Å². The molecule has 0 bridgehead atoms. The summed E-state index contributed by atoms with van der Waals surface area (Å²) in [5, 5.41) is 5.35. The molecular weight excluding hydrogens is 420 g/mol. The maximum absolute atomic E-state index is 12.8. The Hall–Kier alpha value is -2.75. The third kappa shape index (κ3) is 4.53. The Bertz CT molecular complexity index is 1140. The van der Waals surface area contributed by atoms with Crippen molar-refractivity contribution in [3.63, 3.8) is 0 Å². The van der Waals surface area contributed by atoms with Gasteiger partial charge in [0.2, 0.25) is 5.91 Å². The van der Waals surface area contributed by atoms with Gasteiger partial charge in [-0.1, -0.05) is 29.8 Å². The minimum atomic E-state index is -3.71. The number of aryl methyl sites for hydroxylation is 1. The van der Waals surface area contributed by atoms with E-state index in [-0.39, 0.29) is 18.3 Å². The number of carbonyl (C=O) groups is 1. The number of nitrogens with zero attached hydrogens (tertiary/aromatic N) is 2. The van der Waals surface area contributed by atoms with Gasteiger partial charge in [-0.05, 0) is 43.2 Å². The monoisotopic (exact) mass is 444 g/mol. The molecule has 0 unspecified atom stereocenters. The number of nitrogens with one attached hydrogen (secondary N) is 2. The van der Waals surface area contributed by atoms with Crippen LogP contribution in [0.5, 0.6) is 0 Å². The van der Waals surface area contributed by atoms with Crippen molar-refractivity contribution in [2.24, 2.45) is 0 Å². The van der Waals surface area contributed by atoms with Crippen molar-refractivity contribution in [2.75, 3.05) is 16.2 Å². The summed E-state index contributed by atoms with van der Waals surface area (Å²) in [5.74, 6) is -0.000768. The summed E-state index contributed by atoms with van der Waals surface area (Å²) in [4.78, 5) is 18.6. The van der Waals surface area contributed by atoms with Crippen LogP contribution in [0.15, 0.2) is 65.0 Å². The van der Waals surface area contributed by atoms with Crippen molar-refractivity contribution in [2.45, 2.75) is 30.8 Å². The number of amides is 1. The van der Waals surface area contributed by atoms with E-state index in [9.17, 15) is 13.2 Å². The molecule has 0 radical (unpaired) electrons. The molecule has 1 aromatic heterocycles. The van der Waals surface area contributed by atoms with Gasteiger partial charge < -0.3 is 10.2 Å². The van der Waals surface area contributed by atoms with Crippen LogP contribution in [0.1, 0.15) is 19.0 Å². The number of carbonyl (C=O) groups excluding carboxylic acids is 1. The maximum Gasteiger partial charge on any atom is 0.263 e. The molecule has 4 rings (SSSR count). The first kappa shape index (κ1) is 20.5. The molecule has 0 aliphatic carbocycles. The highest BCUT2D eigenvalue weighted by Gasteiger charge is 2.32. The molecule has 2 heterocycles. The van der Waals surface area contributed by atoms with Crippen molar-refractivity contribution in [3.8, 4) is 0 Å². The average molecular weight is 445 g/mol. The molecule has 9 heteroatoms. The fourth-order valence-electron chi connectivity index (χ4n) is 3.44. The maximum atomic E-state index is 12.8. The zero-order valence-electron chi connectivity index (χ0n) is 16.4. The third-order valence-electron chi connectivity index (χ3n) is 4.95. The van der Waals surface area contributed by atoms with Crippen LogP contribution in [0.3, 0.4) is 0 Å². The zero-order chi connectivity index (χ0) is 21.1. The number of rotatable bonds is 7. The van der Waals surface area contributed by atoms with E-state index in [0.717, 1.165) is 5.56 Å². The molecule has 7 nitrogen and oxygen atoms in total. The van der Waals surface area contributed by atoms with Crippen LogP contribution < -0.4 is 14.9 Å². The summed E-state index contributed by atoms with van der Waals surface area (Å²) in [7, 11) is -3.71. The molecule has 3 aromatic rings. The van der Waals surface area contributed by atoms with Crippen LogP contribution >= 0.6 is 11.3 Å². The lowest BCUT2D eigenvalue weighted by molar-refractivity contribution is -0.118. The van der Waals surface area contributed by atoms with Crippen LogP contribution in [-0.4, -0.2) is 31.9 Å². The second-order valence-corrected chi connectivity index (χ2v) is 9.71. The summed E-state index contributed by atoms with van der Waals surface area (Å²) in [5.41, 5.74) is 3.02. The zero-order valence-corrected chi connectivity index (χ0v) is 18.0. The quantitative estimate of drug-likeness (QED) is 0.583. The van der Waals surface area contributed by atoms with Gasteiger partial charge in [-0.25, -0.2) is 13.4 Å². The van der Waals surface area contributed by atoms with Crippen LogP contribution in [-0.2, 0) is 21.4 Å². The van der Waals surface area contributed by atoms with Gasteiger partial charge in [-0.2, -0.15) is 0 Å². The first-order valence-corrected chi connectivity index (χ1v) is 11.9. The lowest BCUT2D eigenvalue weighted by Crippen LogP contribution is -2.38. The smallest absolute Gasteiger partial charge is 0.263 e. The van der Waals surface area contributed by atoms with Gasteiger partial charge >= 0.3 is 0 Å². The van der Waals surface area contributed by atoms with Crippen molar-refractivity contribution >= 4 is 38.1 Å². The number of hydrogen-bond donors (Lipinski definition) is 2. The molecule has 30 heavy (non-hydrogen) atoms. The predicted molar refractivity (Wildman–Crippen MR) is 120 cm³/mol. The normalized spacial score (nSPS) is 16.8. The predicted octanol–water partition coefficient (Wildman–Crippen LogP) is 3.39. The fourth-order valence-corrected chi connectivity index (χ4v) is 5.23. The van der Waals surface area contributed by atoms with Crippen molar-refractivity contribution in [1.29, 1.82) is 0 Å². The molecule has 1 amide bonds. The minimum Gasteiger partial charge on any atom is -0.311 e. The summed E-state index contributed by atoms with van der Waals surface area (Å²) >= 11 is 1.21. The Morgan fingerprint density at radius 2 is 2.03 bits per heavy atom. The Balaban J connectivity index is 0.00000272. The van der Waals surface area contributed by atoms with E-state index in [4.69, 9.17) is 0 Å². The highest BCUT2D eigenvalue weighted by atomic mass is 32.2. The number of anilines is 2. The van der Waals surface area contributed by atoms with Crippen LogP contribution in [0.2, 0.25) is 0 Å². The van der Waals surface area contributed by atoms with E-state index in [1.165, 1.54) is 35.2 Å². The van der Waals surface area contributed by atoms with E-state index >= 15 is 0 Å². The van der Waals surface area contributed by atoms with Crippen molar-refractivity contribution in [1.82, 2.24) is 10.3 Å². The first-order valence-electron chi connectivity index (χ1n) is 9.55. The largest absolute Gasteiger partial charge is 0.311 e.